The molecule has 1 fully saturated rings. The molecule has 168 valence electrons. The Balaban J connectivity index is 1.35. The fourth-order valence-electron chi connectivity index (χ4n) is 4.00. The molecule has 32 heavy (non-hydrogen) atoms. The van der Waals surface area contributed by atoms with E-state index in [9.17, 15) is 4.79 Å². The van der Waals surface area contributed by atoms with Crippen molar-refractivity contribution < 1.29 is 23.4 Å². The number of hydrogen-bond donors (Lipinski definition) is 0. The second kappa shape index (κ2) is 9.78. The Bertz CT molecular complexity index is 1080. The molecule has 4 rings (SSSR count). The highest BCUT2D eigenvalue weighted by molar-refractivity contribution is 5.92. The number of fused-ring (bicyclic) bond motifs is 1. The van der Waals surface area contributed by atoms with Crippen LogP contribution in [0.25, 0.3) is 17.0 Å². The van der Waals surface area contributed by atoms with Crippen molar-refractivity contribution in [2.24, 2.45) is 0 Å². The quantitative estimate of drug-likeness (QED) is 0.525. The summed E-state index contributed by atoms with van der Waals surface area (Å²) in [5.41, 5.74) is 1.84. The van der Waals surface area contributed by atoms with Crippen LogP contribution in [0, 0.1) is 0 Å². The van der Waals surface area contributed by atoms with Gasteiger partial charge >= 0.3 is 0 Å². The molecule has 0 radical (unpaired) electrons. The molecule has 3 aromatic rings. The number of rotatable bonds is 7. The molecule has 7 heteroatoms. The monoisotopic (exact) mass is 436 g/mol. The first-order valence-corrected chi connectivity index (χ1v) is 10.6. The van der Waals surface area contributed by atoms with E-state index in [4.69, 9.17) is 18.6 Å². The van der Waals surface area contributed by atoms with E-state index in [0.717, 1.165) is 29.6 Å². The molecule has 0 bridgehead atoms. The van der Waals surface area contributed by atoms with Crippen LogP contribution in [0.2, 0.25) is 0 Å². The maximum atomic E-state index is 12.6. The van der Waals surface area contributed by atoms with Gasteiger partial charge < -0.3 is 23.5 Å². The number of furan rings is 1. The van der Waals surface area contributed by atoms with Crippen LogP contribution in [-0.2, 0) is 11.3 Å². The van der Waals surface area contributed by atoms with Crippen molar-refractivity contribution >= 4 is 23.0 Å². The Kier molecular flexibility index (Phi) is 6.66. The molecule has 0 N–H and O–H groups in total. The molecule has 0 unspecified atom stereocenters. The molecule has 1 amide bonds. The van der Waals surface area contributed by atoms with Gasteiger partial charge in [0, 0.05) is 49.7 Å². The van der Waals surface area contributed by atoms with Gasteiger partial charge in [-0.05, 0) is 24.3 Å². The van der Waals surface area contributed by atoms with Gasteiger partial charge in [0.15, 0.2) is 11.5 Å². The largest absolute Gasteiger partial charge is 0.493 e. The Labute approximate surface area is 187 Å². The van der Waals surface area contributed by atoms with Crippen LogP contribution in [0.3, 0.4) is 0 Å². The highest BCUT2D eigenvalue weighted by Gasteiger charge is 2.22. The zero-order valence-corrected chi connectivity index (χ0v) is 18.7. The van der Waals surface area contributed by atoms with E-state index < -0.39 is 0 Å². The van der Waals surface area contributed by atoms with Crippen molar-refractivity contribution in [3.05, 3.63) is 59.9 Å². The van der Waals surface area contributed by atoms with Crippen LogP contribution in [-0.4, -0.2) is 63.2 Å². The summed E-state index contributed by atoms with van der Waals surface area (Å²) in [4.78, 5) is 16.8. The minimum absolute atomic E-state index is 0.00574. The van der Waals surface area contributed by atoms with Crippen LogP contribution in [0.15, 0.2) is 53.0 Å². The molecule has 7 nitrogen and oxygen atoms in total. The third kappa shape index (κ3) is 4.57. The van der Waals surface area contributed by atoms with Crippen LogP contribution in [0.5, 0.6) is 17.2 Å². The lowest BCUT2D eigenvalue weighted by Gasteiger charge is -2.34. The summed E-state index contributed by atoms with van der Waals surface area (Å²) >= 11 is 0. The van der Waals surface area contributed by atoms with Gasteiger partial charge in [-0.25, -0.2) is 0 Å². The van der Waals surface area contributed by atoms with E-state index in [1.165, 1.54) is 0 Å². The zero-order valence-electron chi connectivity index (χ0n) is 18.7. The van der Waals surface area contributed by atoms with Crippen molar-refractivity contribution in [1.82, 2.24) is 9.80 Å². The number of hydrogen-bond acceptors (Lipinski definition) is 6. The highest BCUT2D eigenvalue weighted by atomic mass is 16.5. The first kappa shape index (κ1) is 21.8. The molecule has 0 spiro atoms. The lowest BCUT2D eigenvalue weighted by molar-refractivity contribution is -0.127. The first-order chi connectivity index (χ1) is 15.6. The van der Waals surface area contributed by atoms with Crippen molar-refractivity contribution in [3.8, 4) is 17.2 Å². The lowest BCUT2D eigenvalue weighted by Crippen LogP contribution is -2.47. The standard InChI is InChI=1S/C25H28N2O5/c1-29-22-10-8-19(24(30-2)25(22)31-3)17-26-12-14-27(15-13-26)23(28)11-9-20-16-18-6-4-5-7-21(18)32-20/h4-11,16H,12-15,17H2,1-3H3/b11-9+. The number of amides is 1. The fourth-order valence-corrected chi connectivity index (χ4v) is 4.00. The summed E-state index contributed by atoms with van der Waals surface area (Å²) in [6.07, 6.45) is 3.33. The number of carbonyl (C=O) groups excluding carboxylic acids is 1. The second-order valence-electron chi connectivity index (χ2n) is 7.61. The van der Waals surface area contributed by atoms with Gasteiger partial charge in [-0.15, -0.1) is 0 Å². The Morgan fingerprint density at radius 2 is 1.72 bits per heavy atom. The van der Waals surface area contributed by atoms with Crippen molar-refractivity contribution in [2.75, 3.05) is 47.5 Å². The molecular weight excluding hydrogens is 408 g/mol. The van der Waals surface area contributed by atoms with Gasteiger partial charge in [0.2, 0.25) is 11.7 Å². The molecule has 2 aromatic carbocycles. The first-order valence-electron chi connectivity index (χ1n) is 10.6. The maximum absolute atomic E-state index is 12.6. The average Bonchev–Trinajstić information content (AvgIpc) is 3.25. The number of para-hydroxylation sites is 1. The molecule has 1 aliphatic heterocycles. The van der Waals surface area contributed by atoms with Crippen molar-refractivity contribution in [1.29, 1.82) is 0 Å². The molecular formula is C25H28N2O5. The van der Waals surface area contributed by atoms with E-state index in [-0.39, 0.29) is 5.91 Å². The van der Waals surface area contributed by atoms with E-state index in [1.54, 1.807) is 33.5 Å². The summed E-state index contributed by atoms with van der Waals surface area (Å²) in [5.74, 6) is 2.59. The van der Waals surface area contributed by atoms with Gasteiger partial charge in [-0.2, -0.15) is 0 Å². The van der Waals surface area contributed by atoms with Crippen LogP contribution in [0.4, 0.5) is 0 Å². The molecule has 1 saturated heterocycles. The Morgan fingerprint density at radius 1 is 0.969 bits per heavy atom. The molecule has 0 atom stereocenters. The van der Waals surface area contributed by atoms with Gasteiger partial charge in [-0.3, -0.25) is 9.69 Å². The summed E-state index contributed by atoms with van der Waals surface area (Å²) in [6, 6.07) is 13.6. The third-order valence-electron chi connectivity index (χ3n) is 5.70. The molecule has 2 heterocycles. The van der Waals surface area contributed by atoms with Gasteiger partial charge in [0.25, 0.3) is 0 Å². The van der Waals surface area contributed by atoms with E-state index in [2.05, 4.69) is 4.90 Å². The zero-order chi connectivity index (χ0) is 22.5. The van der Waals surface area contributed by atoms with E-state index >= 15 is 0 Å². The second-order valence-corrected chi connectivity index (χ2v) is 7.61. The minimum atomic E-state index is -0.00574. The van der Waals surface area contributed by atoms with Gasteiger partial charge in [0.1, 0.15) is 11.3 Å². The highest BCUT2D eigenvalue weighted by Crippen LogP contribution is 2.40. The molecule has 1 aliphatic rings. The summed E-state index contributed by atoms with van der Waals surface area (Å²) in [5, 5.41) is 1.03. The average molecular weight is 437 g/mol. The lowest BCUT2D eigenvalue weighted by atomic mass is 10.1. The Hall–Kier alpha value is -3.45. The normalized spacial score (nSPS) is 14.8. The third-order valence-corrected chi connectivity index (χ3v) is 5.70. The fraction of sp³-hybridized carbons (Fsp3) is 0.320. The van der Waals surface area contributed by atoms with Crippen molar-refractivity contribution in [3.63, 3.8) is 0 Å². The Morgan fingerprint density at radius 3 is 2.41 bits per heavy atom. The maximum Gasteiger partial charge on any atom is 0.246 e. The smallest absolute Gasteiger partial charge is 0.246 e. The van der Waals surface area contributed by atoms with E-state index in [1.807, 2.05) is 47.4 Å². The van der Waals surface area contributed by atoms with Crippen molar-refractivity contribution in [2.45, 2.75) is 6.54 Å². The molecule has 0 saturated carbocycles. The predicted molar refractivity (Wildman–Crippen MR) is 123 cm³/mol. The number of benzene rings is 2. The number of carbonyl (C=O) groups is 1. The summed E-state index contributed by atoms with van der Waals surface area (Å²) in [7, 11) is 4.84. The predicted octanol–water partition coefficient (Wildman–Crippen LogP) is 3.82. The van der Waals surface area contributed by atoms with E-state index in [0.29, 0.717) is 42.6 Å². The summed E-state index contributed by atoms with van der Waals surface area (Å²) in [6.45, 7) is 3.60. The number of methoxy groups -OCH3 is 3. The topological polar surface area (TPSA) is 64.4 Å². The van der Waals surface area contributed by atoms with Crippen LogP contribution in [0.1, 0.15) is 11.3 Å². The minimum Gasteiger partial charge on any atom is -0.493 e. The van der Waals surface area contributed by atoms with Crippen LogP contribution >= 0.6 is 0 Å². The number of piperazine rings is 1. The molecule has 1 aromatic heterocycles. The SMILES string of the molecule is COc1ccc(CN2CCN(C(=O)/C=C/c3cc4ccccc4o3)CC2)c(OC)c1OC. The number of nitrogens with zero attached hydrogens (tertiary/aromatic N) is 2. The summed E-state index contributed by atoms with van der Waals surface area (Å²) < 4.78 is 22.2. The number of ether oxygens (including phenoxy) is 3. The van der Waals surface area contributed by atoms with Gasteiger partial charge in [0.05, 0.1) is 21.3 Å². The van der Waals surface area contributed by atoms with Gasteiger partial charge in [-0.1, -0.05) is 24.3 Å². The molecule has 0 aliphatic carbocycles. The van der Waals surface area contributed by atoms with Crippen LogP contribution < -0.4 is 14.2 Å².